The summed E-state index contributed by atoms with van der Waals surface area (Å²) < 4.78 is 28.6. The smallest absolute Gasteiger partial charge is 0.255 e. The van der Waals surface area contributed by atoms with Gasteiger partial charge in [-0.05, 0) is 31.2 Å². The fourth-order valence-corrected chi connectivity index (χ4v) is 3.76. The standard InChI is InChI=1S/C21H19F2N7O/c1-13-18(27-28-26-13)17-3-2-16(12-24-17)30-7-4-14-10-15(11-25-19(14)30)20(31)29-8-5-21(22,23)6-9-29/h2-4,7,10-12H,5-6,8-9H2,1H3,(H,26,27,28). The molecule has 0 radical (unpaired) electrons. The van der Waals surface area contributed by atoms with E-state index in [1.165, 1.54) is 11.1 Å². The van der Waals surface area contributed by atoms with Gasteiger partial charge in [-0.3, -0.25) is 19.4 Å². The van der Waals surface area contributed by atoms with Crippen LogP contribution in [0.1, 0.15) is 28.9 Å². The number of hydrogen-bond donors (Lipinski definition) is 1. The molecular formula is C21H19F2N7O. The molecular weight excluding hydrogens is 404 g/mol. The Morgan fingerprint density at radius 1 is 1.13 bits per heavy atom. The summed E-state index contributed by atoms with van der Waals surface area (Å²) in [6.07, 6.45) is 4.46. The molecule has 5 rings (SSSR count). The third kappa shape index (κ3) is 3.54. The van der Waals surface area contributed by atoms with Crippen LogP contribution in [0.25, 0.3) is 28.1 Å². The van der Waals surface area contributed by atoms with Crippen molar-refractivity contribution in [1.29, 1.82) is 0 Å². The number of carbonyl (C=O) groups is 1. The summed E-state index contributed by atoms with van der Waals surface area (Å²) in [6, 6.07) is 7.37. The van der Waals surface area contributed by atoms with Gasteiger partial charge in [0.2, 0.25) is 0 Å². The molecule has 0 aliphatic carbocycles. The predicted octanol–water partition coefficient (Wildman–Crippen LogP) is 3.39. The maximum absolute atomic E-state index is 13.4. The molecule has 0 spiro atoms. The number of amides is 1. The molecule has 0 unspecified atom stereocenters. The highest BCUT2D eigenvalue weighted by molar-refractivity contribution is 5.97. The summed E-state index contributed by atoms with van der Waals surface area (Å²) >= 11 is 0. The number of carbonyl (C=O) groups excluding carboxylic acids is 1. The number of aromatic amines is 1. The number of halogens is 2. The first kappa shape index (κ1) is 19.3. The van der Waals surface area contributed by atoms with Crippen molar-refractivity contribution < 1.29 is 13.6 Å². The summed E-state index contributed by atoms with van der Waals surface area (Å²) in [5.41, 5.74) is 4.12. The first-order valence-corrected chi connectivity index (χ1v) is 9.90. The lowest BCUT2D eigenvalue weighted by Gasteiger charge is -2.31. The van der Waals surface area contributed by atoms with E-state index in [1.54, 1.807) is 12.3 Å². The summed E-state index contributed by atoms with van der Waals surface area (Å²) in [4.78, 5) is 23.1. The second kappa shape index (κ2) is 7.22. The topological polar surface area (TPSA) is 92.6 Å². The SMILES string of the molecule is Cc1[nH]nnc1-c1ccc(-n2ccc3cc(C(=O)N4CCC(F)(F)CC4)cnc32)cn1. The highest BCUT2D eigenvalue weighted by Crippen LogP contribution is 2.29. The number of nitrogens with one attached hydrogen (secondary N) is 1. The zero-order chi connectivity index (χ0) is 21.6. The molecule has 1 saturated heterocycles. The molecule has 4 aromatic heterocycles. The van der Waals surface area contributed by atoms with Crippen LogP contribution in [0.15, 0.2) is 42.9 Å². The molecule has 0 atom stereocenters. The molecule has 1 fully saturated rings. The fraction of sp³-hybridized carbons (Fsp3) is 0.286. The molecule has 4 aromatic rings. The van der Waals surface area contributed by atoms with Gasteiger partial charge < -0.3 is 4.90 Å². The summed E-state index contributed by atoms with van der Waals surface area (Å²) in [5, 5.41) is 11.4. The van der Waals surface area contributed by atoms with Crippen LogP contribution in [0, 0.1) is 6.92 Å². The normalized spacial score (nSPS) is 16.0. The number of alkyl halides is 2. The van der Waals surface area contributed by atoms with Gasteiger partial charge in [0.05, 0.1) is 28.8 Å². The van der Waals surface area contributed by atoms with Gasteiger partial charge in [0.25, 0.3) is 11.8 Å². The summed E-state index contributed by atoms with van der Waals surface area (Å²) in [6.45, 7) is 1.98. The Bertz CT molecular complexity index is 1250. The zero-order valence-corrected chi connectivity index (χ0v) is 16.7. The average molecular weight is 423 g/mol. The molecule has 8 nitrogen and oxygen atoms in total. The largest absolute Gasteiger partial charge is 0.338 e. The number of hydrogen-bond acceptors (Lipinski definition) is 5. The van der Waals surface area contributed by atoms with Crippen LogP contribution < -0.4 is 0 Å². The lowest BCUT2D eigenvalue weighted by molar-refractivity contribution is -0.0494. The van der Waals surface area contributed by atoms with Crippen LogP contribution in [-0.2, 0) is 0 Å². The van der Waals surface area contributed by atoms with Crippen LogP contribution in [0.3, 0.4) is 0 Å². The van der Waals surface area contributed by atoms with Crippen molar-refractivity contribution in [2.75, 3.05) is 13.1 Å². The van der Waals surface area contributed by atoms with Crippen molar-refractivity contribution in [1.82, 2.24) is 34.8 Å². The van der Waals surface area contributed by atoms with Gasteiger partial charge in [0.15, 0.2) is 0 Å². The van der Waals surface area contributed by atoms with E-state index in [2.05, 4.69) is 25.4 Å². The van der Waals surface area contributed by atoms with Crippen LogP contribution in [0.5, 0.6) is 0 Å². The van der Waals surface area contributed by atoms with E-state index in [4.69, 9.17) is 0 Å². The number of pyridine rings is 2. The Labute approximate surface area is 175 Å². The quantitative estimate of drug-likeness (QED) is 0.545. The van der Waals surface area contributed by atoms with Crippen LogP contribution in [0.4, 0.5) is 8.78 Å². The van der Waals surface area contributed by atoms with Gasteiger partial charge in [0.1, 0.15) is 11.3 Å². The Hall–Kier alpha value is -3.69. The number of aromatic nitrogens is 6. The molecule has 31 heavy (non-hydrogen) atoms. The van der Waals surface area contributed by atoms with Crippen LogP contribution in [-0.4, -0.2) is 59.8 Å². The second-order valence-corrected chi connectivity index (χ2v) is 7.66. The highest BCUT2D eigenvalue weighted by Gasteiger charge is 2.35. The molecule has 10 heteroatoms. The van der Waals surface area contributed by atoms with E-state index < -0.39 is 5.92 Å². The molecule has 0 bridgehead atoms. The molecule has 1 amide bonds. The second-order valence-electron chi connectivity index (χ2n) is 7.66. The van der Waals surface area contributed by atoms with E-state index in [0.29, 0.717) is 22.6 Å². The minimum absolute atomic E-state index is 0.0495. The molecule has 0 aromatic carbocycles. The number of piperidine rings is 1. The van der Waals surface area contributed by atoms with Crippen LogP contribution in [0.2, 0.25) is 0 Å². The van der Waals surface area contributed by atoms with Gasteiger partial charge >= 0.3 is 0 Å². The van der Waals surface area contributed by atoms with Crippen molar-refractivity contribution in [2.24, 2.45) is 0 Å². The van der Waals surface area contributed by atoms with E-state index in [9.17, 15) is 13.6 Å². The average Bonchev–Trinajstić information content (AvgIpc) is 3.39. The fourth-order valence-electron chi connectivity index (χ4n) is 3.76. The maximum Gasteiger partial charge on any atom is 0.255 e. The minimum atomic E-state index is -2.69. The first-order chi connectivity index (χ1) is 14.9. The van der Waals surface area contributed by atoms with Gasteiger partial charge in [-0.15, -0.1) is 5.10 Å². The third-order valence-electron chi connectivity index (χ3n) is 5.55. The van der Waals surface area contributed by atoms with Gasteiger partial charge in [-0.25, -0.2) is 13.8 Å². The maximum atomic E-state index is 13.4. The van der Waals surface area contributed by atoms with Crippen molar-refractivity contribution >= 4 is 16.9 Å². The Balaban J connectivity index is 1.40. The number of aryl methyl sites for hydroxylation is 1. The number of nitrogens with zero attached hydrogens (tertiary/aromatic N) is 6. The molecule has 158 valence electrons. The van der Waals surface area contributed by atoms with E-state index in [0.717, 1.165) is 16.8 Å². The van der Waals surface area contributed by atoms with E-state index in [-0.39, 0.29) is 31.8 Å². The molecule has 1 N–H and O–H groups in total. The van der Waals surface area contributed by atoms with Gasteiger partial charge in [-0.2, -0.15) is 0 Å². The number of H-pyrrole nitrogens is 1. The van der Waals surface area contributed by atoms with E-state index >= 15 is 0 Å². The Morgan fingerprint density at radius 3 is 2.61 bits per heavy atom. The van der Waals surface area contributed by atoms with Gasteiger partial charge in [-0.1, -0.05) is 5.21 Å². The van der Waals surface area contributed by atoms with Gasteiger partial charge in [0, 0.05) is 43.7 Å². The first-order valence-electron chi connectivity index (χ1n) is 9.90. The molecule has 1 aliphatic heterocycles. The minimum Gasteiger partial charge on any atom is -0.338 e. The van der Waals surface area contributed by atoms with E-state index in [1.807, 2.05) is 35.9 Å². The number of likely N-dealkylation sites (tertiary alicyclic amines) is 1. The van der Waals surface area contributed by atoms with Crippen molar-refractivity contribution in [3.63, 3.8) is 0 Å². The lowest BCUT2D eigenvalue weighted by atomic mass is 10.1. The summed E-state index contributed by atoms with van der Waals surface area (Å²) in [7, 11) is 0. The predicted molar refractivity (Wildman–Crippen MR) is 109 cm³/mol. The van der Waals surface area contributed by atoms with Crippen molar-refractivity contribution in [3.05, 3.63) is 54.1 Å². The number of fused-ring (bicyclic) bond motifs is 1. The molecule has 1 aliphatic rings. The molecule has 0 saturated carbocycles. The Morgan fingerprint density at radius 2 is 1.94 bits per heavy atom. The monoisotopic (exact) mass is 423 g/mol. The Kier molecular flexibility index (Phi) is 4.49. The van der Waals surface area contributed by atoms with Crippen molar-refractivity contribution in [2.45, 2.75) is 25.7 Å². The lowest BCUT2D eigenvalue weighted by Crippen LogP contribution is -2.42. The number of rotatable bonds is 3. The highest BCUT2D eigenvalue weighted by atomic mass is 19.3. The summed E-state index contributed by atoms with van der Waals surface area (Å²) in [5.74, 6) is -2.96. The molecule has 5 heterocycles. The zero-order valence-electron chi connectivity index (χ0n) is 16.7. The van der Waals surface area contributed by atoms with Crippen LogP contribution >= 0.6 is 0 Å². The van der Waals surface area contributed by atoms with Crippen molar-refractivity contribution in [3.8, 4) is 17.1 Å². The third-order valence-corrected chi connectivity index (χ3v) is 5.55.